The molecular formula is C20H42. The van der Waals surface area contributed by atoms with E-state index >= 15 is 0 Å². The Morgan fingerprint density at radius 2 is 0.550 bits per heavy atom. The van der Waals surface area contributed by atoms with Crippen molar-refractivity contribution in [2.24, 2.45) is 39.4 Å². The summed E-state index contributed by atoms with van der Waals surface area (Å²) in [5.41, 5.74) is 1.11. The van der Waals surface area contributed by atoms with Crippen molar-refractivity contribution in [2.45, 2.75) is 90.0 Å². The summed E-state index contributed by atoms with van der Waals surface area (Å²) in [4.78, 5) is 0. The monoisotopic (exact) mass is 282 g/mol. The second kappa shape index (κ2) is 5.65. The maximum absolute atomic E-state index is 2.56. The minimum Gasteiger partial charge on any atom is -0.0622 e. The summed E-state index contributed by atoms with van der Waals surface area (Å²) in [5.74, 6) is 2.01. The van der Waals surface area contributed by atoms with Crippen LogP contribution >= 0.6 is 0 Å². The van der Waals surface area contributed by atoms with Gasteiger partial charge in [0.25, 0.3) is 0 Å². The van der Waals surface area contributed by atoms with Crippen LogP contribution in [-0.4, -0.2) is 0 Å². The summed E-state index contributed by atoms with van der Waals surface area (Å²) >= 11 is 0. The third-order valence-electron chi connectivity index (χ3n) is 8.20. The van der Waals surface area contributed by atoms with Crippen LogP contribution in [-0.2, 0) is 0 Å². The Balaban J connectivity index is 6.38. The van der Waals surface area contributed by atoms with Crippen molar-refractivity contribution in [3.05, 3.63) is 0 Å². The zero-order valence-electron chi connectivity index (χ0n) is 16.7. The van der Waals surface area contributed by atoms with E-state index in [4.69, 9.17) is 0 Å². The van der Waals surface area contributed by atoms with E-state index in [-0.39, 0.29) is 21.7 Å². The van der Waals surface area contributed by atoms with Gasteiger partial charge in [-0.3, -0.25) is 0 Å². The van der Waals surface area contributed by atoms with Crippen LogP contribution in [0.1, 0.15) is 90.0 Å². The van der Waals surface area contributed by atoms with Crippen LogP contribution in [0.3, 0.4) is 0 Å². The molecule has 0 amide bonds. The molecule has 0 radical (unpaired) electrons. The fourth-order valence-corrected chi connectivity index (χ4v) is 4.22. The van der Waals surface area contributed by atoms with E-state index in [1.165, 1.54) is 0 Å². The summed E-state index contributed by atoms with van der Waals surface area (Å²) < 4.78 is 0. The molecule has 0 N–H and O–H groups in total. The Morgan fingerprint density at radius 3 is 0.650 bits per heavy atom. The second-order valence-corrected chi connectivity index (χ2v) is 9.75. The highest BCUT2D eigenvalue weighted by atomic mass is 14.7. The molecule has 0 heteroatoms. The molecule has 0 aliphatic heterocycles. The highest BCUT2D eigenvalue weighted by Gasteiger charge is 2.61. The molecule has 0 heterocycles. The molecule has 0 aromatic heterocycles. The van der Waals surface area contributed by atoms with Crippen molar-refractivity contribution < 1.29 is 0 Å². The van der Waals surface area contributed by atoms with Gasteiger partial charge in [0.1, 0.15) is 0 Å². The van der Waals surface area contributed by atoms with E-state index in [9.17, 15) is 0 Å². The van der Waals surface area contributed by atoms with Crippen LogP contribution in [0, 0.1) is 39.4 Å². The molecule has 122 valence electrons. The number of hydrogen-bond donors (Lipinski definition) is 0. The summed E-state index contributed by atoms with van der Waals surface area (Å²) in [6.45, 7) is 31.9. The SMILES string of the molecule is CC(C)C(C)(C)C(C)(C(C)(C)C(C)C)C(C)(C)C(C)C. The van der Waals surface area contributed by atoms with Gasteiger partial charge < -0.3 is 0 Å². The third-order valence-corrected chi connectivity index (χ3v) is 8.20. The fraction of sp³-hybridized carbons (Fsp3) is 1.00. The second-order valence-electron chi connectivity index (χ2n) is 9.75. The predicted molar refractivity (Wildman–Crippen MR) is 94.0 cm³/mol. The van der Waals surface area contributed by atoms with Crippen LogP contribution in [0.4, 0.5) is 0 Å². The summed E-state index contributed by atoms with van der Waals surface area (Å²) in [6.07, 6.45) is 0. The average molecular weight is 283 g/mol. The zero-order chi connectivity index (χ0) is 16.7. The van der Waals surface area contributed by atoms with Crippen LogP contribution in [0.2, 0.25) is 0 Å². The minimum absolute atomic E-state index is 0.253. The van der Waals surface area contributed by atoms with Gasteiger partial charge in [-0.1, -0.05) is 90.0 Å². The molecule has 0 nitrogen and oxygen atoms in total. The Hall–Kier alpha value is 0. The van der Waals surface area contributed by atoms with Gasteiger partial charge in [0, 0.05) is 0 Å². The van der Waals surface area contributed by atoms with Gasteiger partial charge >= 0.3 is 0 Å². The first kappa shape index (κ1) is 20.0. The lowest BCUT2D eigenvalue weighted by Crippen LogP contribution is -2.60. The highest BCUT2D eigenvalue weighted by Crippen LogP contribution is 2.67. The van der Waals surface area contributed by atoms with Crippen molar-refractivity contribution in [3.63, 3.8) is 0 Å². The molecule has 0 aromatic carbocycles. The molecule has 0 aromatic rings. The van der Waals surface area contributed by atoms with Crippen molar-refractivity contribution in [1.29, 1.82) is 0 Å². The van der Waals surface area contributed by atoms with E-state index in [2.05, 4.69) is 90.0 Å². The van der Waals surface area contributed by atoms with Gasteiger partial charge in [-0.05, 0) is 39.4 Å². The van der Waals surface area contributed by atoms with Gasteiger partial charge in [0.05, 0.1) is 0 Å². The molecule has 0 saturated carbocycles. The van der Waals surface area contributed by atoms with E-state index in [0.717, 1.165) is 0 Å². The van der Waals surface area contributed by atoms with Crippen LogP contribution in [0.15, 0.2) is 0 Å². The smallest absolute Gasteiger partial charge is 0.0165 e. The molecular weight excluding hydrogens is 240 g/mol. The van der Waals surface area contributed by atoms with Crippen LogP contribution < -0.4 is 0 Å². The highest BCUT2D eigenvalue weighted by molar-refractivity contribution is 5.09. The minimum atomic E-state index is 0.253. The van der Waals surface area contributed by atoms with Crippen molar-refractivity contribution in [2.75, 3.05) is 0 Å². The molecule has 0 aliphatic carbocycles. The third kappa shape index (κ3) is 2.57. The van der Waals surface area contributed by atoms with Crippen molar-refractivity contribution >= 4 is 0 Å². The van der Waals surface area contributed by atoms with E-state index in [1.54, 1.807) is 0 Å². The summed E-state index contributed by atoms with van der Waals surface area (Å²) in [5, 5.41) is 0. The van der Waals surface area contributed by atoms with Gasteiger partial charge in [-0.15, -0.1) is 0 Å². The lowest BCUT2D eigenvalue weighted by atomic mass is 9.38. The van der Waals surface area contributed by atoms with Gasteiger partial charge in [0.15, 0.2) is 0 Å². The average Bonchev–Trinajstić information content (AvgIpc) is 2.26. The van der Waals surface area contributed by atoms with Crippen LogP contribution in [0.5, 0.6) is 0 Å². The standard InChI is InChI=1S/C20H42/c1-14(2)17(7,8)20(13,18(9,10)15(3)4)19(11,12)16(5)6/h14-16H,1-13H3. The predicted octanol–water partition coefficient (Wildman–Crippen LogP) is 7.04. The molecule has 0 rings (SSSR count). The first-order valence-corrected chi connectivity index (χ1v) is 8.58. The van der Waals surface area contributed by atoms with Gasteiger partial charge in [0.2, 0.25) is 0 Å². The van der Waals surface area contributed by atoms with Crippen molar-refractivity contribution in [1.82, 2.24) is 0 Å². The molecule has 0 spiro atoms. The van der Waals surface area contributed by atoms with E-state index in [0.29, 0.717) is 17.8 Å². The molecule has 0 bridgehead atoms. The lowest BCUT2D eigenvalue weighted by Gasteiger charge is -2.66. The normalized spacial score (nSPS) is 15.6. The van der Waals surface area contributed by atoms with Gasteiger partial charge in [-0.2, -0.15) is 0 Å². The molecule has 0 unspecified atom stereocenters. The maximum atomic E-state index is 2.56. The fourth-order valence-electron chi connectivity index (χ4n) is 4.22. The summed E-state index contributed by atoms with van der Waals surface area (Å²) in [7, 11) is 0. The quantitative estimate of drug-likeness (QED) is 0.490. The van der Waals surface area contributed by atoms with Crippen LogP contribution in [0.25, 0.3) is 0 Å². The Labute approximate surface area is 130 Å². The molecule has 0 aliphatic rings. The molecule has 0 saturated heterocycles. The zero-order valence-corrected chi connectivity index (χ0v) is 16.7. The summed E-state index contributed by atoms with van der Waals surface area (Å²) in [6, 6.07) is 0. The Bertz CT molecular complexity index is 263. The number of hydrogen-bond acceptors (Lipinski definition) is 0. The first-order chi connectivity index (χ1) is 8.58. The largest absolute Gasteiger partial charge is 0.0622 e. The van der Waals surface area contributed by atoms with Crippen molar-refractivity contribution in [3.8, 4) is 0 Å². The lowest BCUT2D eigenvalue weighted by molar-refractivity contribution is -0.181. The molecule has 0 fully saturated rings. The molecule has 20 heavy (non-hydrogen) atoms. The topological polar surface area (TPSA) is 0 Å². The Morgan fingerprint density at radius 1 is 0.400 bits per heavy atom. The van der Waals surface area contributed by atoms with E-state index in [1.807, 2.05) is 0 Å². The maximum Gasteiger partial charge on any atom is -0.0165 e. The molecule has 0 atom stereocenters. The van der Waals surface area contributed by atoms with E-state index < -0.39 is 0 Å². The number of rotatable bonds is 6. The first-order valence-electron chi connectivity index (χ1n) is 8.58. The van der Waals surface area contributed by atoms with Gasteiger partial charge in [-0.25, -0.2) is 0 Å². The Kier molecular flexibility index (Phi) is 5.65.